The number of hydrogen-bond donors (Lipinski definition) is 2. The average molecular weight is 262 g/mol. The van der Waals surface area contributed by atoms with E-state index in [0.29, 0.717) is 0 Å². The van der Waals surface area contributed by atoms with Crippen LogP contribution in [0.2, 0.25) is 5.02 Å². The fourth-order valence-electron chi connectivity index (χ4n) is 1.19. The number of carbonyl (C=O) groups excluding carboxylic acids is 1. The van der Waals surface area contributed by atoms with E-state index >= 15 is 0 Å². The van der Waals surface area contributed by atoms with Crippen molar-refractivity contribution in [2.75, 3.05) is 19.0 Å². The topological polar surface area (TPSA) is 58.6 Å². The third-order valence-corrected chi connectivity index (χ3v) is 2.41. The third kappa shape index (κ3) is 3.57. The van der Waals surface area contributed by atoms with E-state index in [1.807, 2.05) is 0 Å². The highest BCUT2D eigenvalue weighted by Gasteiger charge is 2.31. The van der Waals surface area contributed by atoms with Crippen LogP contribution in [0.1, 0.15) is 6.92 Å². The molecule has 1 rings (SSSR count). The molecule has 0 amide bonds. The number of benzene rings is 1. The fourth-order valence-corrected chi connectivity index (χ4v) is 1.35. The average Bonchev–Trinajstić information content (AvgIpc) is 2.26. The van der Waals surface area contributed by atoms with Gasteiger partial charge in [-0.25, -0.2) is 9.18 Å². The van der Waals surface area contributed by atoms with Crippen LogP contribution in [-0.4, -0.2) is 30.3 Å². The van der Waals surface area contributed by atoms with Gasteiger partial charge in [-0.15, -0.1) is 0 Å². The summed E-state index contributed by atoms with van der Waals surface area (Å²) in [5.74, 6) is -1.35. The van der Waals surface area contributed by atoms with Crippen LogP contribution in [0.4, 0.5) is 10.1 Å². The lowest BCUT2D eigenvalue weighted by Gasteiger charge is -2.21. The maximum Gasteiger partial charge on any atom is 0.339 e. The van der Waals surface area contributed by atoms with Crippen molar-refractivity contribution in [2.24, 2.45) is 0 Å². The predicted octanol–water partition coefficient (Wildman–Crippen LogP) is 1.81. The summed E-state index contributed by atoms with van der Waals surface area (Å²) < 4.78 is 17.8. The highest BCUT2D eigenvalue weighted by Crippen LogP contribution is 2.19. The number of ether oxygens (including phenoxy) is 1. The summed E-state index contributed by atoms with van der Waals surface area (Å²) in [6.45, 7) is 1.11. The second-order valence-corrected chi connectivity index (χ2v) is 4.18. The third-order valence-electron chi connectivity index (χ3n) is 2.18. The van der Waals surface area contributed by atoms with Crippen molar-refractivity contribution in [2.45, 2.75) is 12.5 Å². The number of halogens is 2. The number of methoxy groups -OCH3 is 1. The lowest BCUT2D eigenvalue weighted by Crippen LogP contribution is -2.42. The molecule has 0 aliphatic rings. The first kappa shape index (κ1) is 13.7. The Labute approximate surface area is 103 Å². The summed E-state index contributed by atoms with van der Waals surface area (Å²) >= 11 is 5.59. The maximum atomic E-state index is 13.4. The largest absolute Gasteiger partial charge is 0.467 e. The van der Waals surface area contributed by atoms with Crippen LogP contribution in [0.15, 0.2) is 18.2 Å². The zero-order valence-electron chi connectivity index (χ0n) is 9.46. The normalized spacial score (nSPS) is 13.9. The van der Waals surface area contributed by atoms with Crippen molar-refractivity contribution in [3.8, 4) is 0 Å². The molecule has 0 aliphatic heterocycles. The van der Waals surface area contributed by atoms with Crippen molar-refractivity contribution in [1.82, 2.24) is 0 Å². The Morgan fingerprint density at radius 1 is 1.65 bits per heavy atom. The van der Waals surface area contributed by atoms with Gasteiger partial charge in [0.15, 0.2) is 5.60 Å². The number of carbonyl (C=O) groups is 1. The highest BCUT2D eigenvalue weighted by atomic mass is 35.5. The Hall–Kier alpha value is -1.33. The van der Waals surface area contributed by atoms with Gasteiger partial charge < -0.3 is 15.2 Å². The van der Waals surface area contributed by atoms with Gasteiger partial charge >= 0.3 is 5.97 Å². The fraction of sp³-hybridized carbons (Fsp3) is 0.364. The Morgan fingerprint density at radius 3 is 2.82 bits per heavy atom. The number of esters is 1. The molecule has 1 atom stereocenters. The van der Waals surface area contributed by atoms with Crippen LogP contribution in [0.3, 0.4) is 0 Å². The highest BCUT2D eigenvalue weighted by molar-refractivity contribution is 6.30. The molecular weight excluding hydrogens is 249 g/mol. The molecule has 94 valence electrons. The molecule has 1 aromatic rings. The molecular formula is C11H13ClFNO3. The van der Waals surface area contributed by atoms with Gasteiger partial charge in [0.1, 0.15) is 5.82 Å². The van der Waals surface area contributed by atoms with Crippen LogP contribution >= 0.6 is 11.6 Å². The number of rotatable bonds is 4. The standard InChI is InChI=1S/C11H13ClFNO3/c1-11(16,10(15)17-2)6-14-9-4-3-7(12)5-8(9)13/h3-5,14,16H,6H2,1-2H3. The minimum atomic E-state index is -1.72. The molecule has 0 radical (unpaired) electrons. The lowest BCUT2D eigenvalue weighted by atomic mass is 10.1. The Morgan fingerprint density at radius 2 is 2.29 bits per heavy atom. The van der Waals surface area contributed by atoms with Crippen LogP contribution in [-0.2, 0) is 9.53 Å². The molecule has 0 spiro atoms. The summed E-state index contributed by atoms with van der Waals surface area (Å²) in [6, 6.07) is 4.06. The number of aliphatic hydroxyl groups is 1. The van der Waals surface area contributed by atoms with Crippen LogP contribution in [0.5, 0.6) is 0 Å². The SMILES string of the molecule is COC(=O)C(C)(O)CNc1ccc(Cl)cc1F. The summed E-state index contributed by atoms with van der Waals surface area (Å²) in [6.07, 6.45) is 0. The van der Waals surface area contributed by atoms with Crippen molar-refractivity contribution < 1.29 is 19.0 Å². The first-order chi connectivity index (χ1) is 7.86. The van der Waals surface area contributed by atoms with Gasteiger partial charge in [-0.3, -0.25) is 0 Å². The quantitative estimate of drug-likeness (QED) is 0.812. The zero-order chi connectivity index (χ0) is 13.1. The summed E-state index contributed by atoms with van der Waals surface area (Å²) in [5, 5.41) is 12.6. The molecule has 4 nitrogen and oxygen atoms in total. The summed E-state index contributed by atoms with van der Waals surface area (Å²) in [5.41, 5.74) is -1.57. The Kier molecular flexibility index (Phi) is 4.31. The van der Waals surface area contributed by atoms with Gasteiger partial charge in [-0.05, 0) is 25.1 Å². The number of hydrogen-bond acceptors (Lipinski definition) is 4. The first-order valence-electron chi connectivity index (χ1n) is 4.86. The lowest BCUT2D eigenvalue weighted by molar-refractivity contribution is -0.158. The second kappa shape index (κ2) is 5.33. The monoisotopic (exact) mass is 261 g/mol. The van der Waals surface area contributed by atoms with Crippen LogP contribution < -0.4 is 5.32 Å². The zero-order valence-corrected chi connectivity index (χ0v) is 10.2. The van der Waals surface area contributed by atoms with E-state index in [1.165, 1.54) is 26.2 Å². The van der Waals surface area contributed by atoms with E-state index in [9.17, 15) is 14.3 Å². The van der Waals surface area contributed by atoms with Crippen molar-refractivity contribution in [1.29, 1.82) is 0 Å². The minimum absolute atomic E-state index is 0.151. The van der Waals surface area contributed by atoms with Gasteiger partial charge in [0.25, 0.3) is 0 Å². The van der Waals surface area contributed by atoms with Gasteiger partial charge in [0, 0.05) is 5.02 Å². The predicted molar refractivity (Wildman–Crippen MR) is 62.5 cm³/mol. The van der Waals surface area contributed by atoms with Gasteiger partial charge in [-0.2, -0.15) is 0 Å². The van der Waals surface area contributed by atoms with E-state index < -0.39 is 17.4 Å². The molecule has 0 fully saturated rings. The Balaban J connectivity index is 2.70. The minimum Gasteiger partial charge on any atom is -0.467 e. The smallest absolute Gasteiger partial charge is 0.339 e. The van der Waals surface area contributed by atoms with Crippen LogP contribution in [0.25, 0.3) is 0 Å². The van der Waals surface area contributed by atoms with Crippen molar-refractivity contribution in [3.63, 3.8) is 0 Å². The summed E-state index contributed by atoms with van der Waals surface area (Å²) in [4.78, 5) is 11.2. The molecule has 1 unspecified atom stereocenters. The molecule has 0 aliphatic carbocycles. The molecule has 17 heavy (non-hydrogen) atoms. The second-order valence-electron chi connectivity index (χ2n) is 3.74. The van der Waals surface area contributed by atoms with Crippen molar-refractivity contribution in [3.05, 3.63) is 29.0 Å². The molecule has 0 heterocycles. The van der Waals surface area contributed by atoms with E-state index in [1.54, 1.807) is 0 Å². The molecule has 6 heteroatoms. The van der Waals surface area contributed by atoms with E-state index in [4.69, 9.17) is 11.6 Å². The van der Waals surface area contributed by atoms with E-state index in [2.05, 4.69) is 10.1 Å². The van der Waals surface area contributed by atoms with Gasteiger partial charge in [-0.1, -0.05) is 11.6 Å². The van der Waals surface area contributed by atoms with E-state index in [-0.39, 0.29) is 17.3 Å². The molecule has 0 saturated carbocycles. The van der Waals surface area contributed by atoms with Crippen molar-refractivity contribution >= 4 is 23.3 Å². The molecule has 1 aromatic carbocycles. The Bertz CT molecular complexity index is 423. The van der Waals surface area contributed by atoms with Gasteiger partial charge in [0.05, 0.1) is 19.3 Å². The van der Waals surface area contributed by atoms with Crippen LogP contribution in [0, 0.1) is 5.82 Å². The molecule has 0 saturated heterocycles. The molecule has 0 bridgehead atoms. The van der Waals surface area contributed by atoms with E-state index in [0.717, 1.165) is 6.07 Å². The molecule has 0 aromatic heterocycles. The molecule has 2 N–H and O–H groups in total. The number of anilines is 1. The maximum absolute atomic E-state index is 13.4. The summed E-state index contributed by atoms with van der Waals surface area (Å²) in [7, 11) is 1.17. The number of nitrogens with one attached hydrogen (secondary N) is 1. The van der Waals surface area contributed by atoms with Gasteiger partial charge in [0.2, 0.25) is 0 Å². The first-order valence-corrected chi connectivity index (χ1v) is 5.24.